The number of anilines is 2. The number of carbonyl (C=O) groups is 2. The third kappa shape index (κ3) is 5.20. The Balaban J connectivity index is 1.60. The van der Waals surface area contributed by atoms with Crippen molar-refractivity contribution in [3.05, 3.63) is 66.2 Å². The predicted octanol–water partition coefficient (Wildman–Crippen LogP) is 2.36. The zero-order valence-electron chi connectivity index (χ0n) is 16.0. The summed E-state index contributed by atoms with van der Waals surface area (Å²) in [6, 6.07) is 10.0. The first-order chi connectivity index (χ1) is 14.2. The number of nitrogens with one attached hydrogen (secondary N) is 2. The first-order valence-corrected chi connectivity index (χ1v) is 10.2. The molecule has 30 heavy (non-hydrogen) atoms. The van der Waals surface area contributed by atoms with Crippen LogP contribution >= 0.6 is 0 Å². The number of aryl methyl sites for hydroxylation is 1. The molecule has 1 aromatic carbocycles. The van der Waals surface area contributed by atoms with E-state index in [9.17, 15) is 18.0 Å². The molecule has 0 fully saturated rings. The van der Waals surface area contributed by atoms with Gasteiger partial charge in [-0.05, 0) is 50.2 Å². The van der Waals surface area contributed by atoms with Crippen molar-refractivity contribution in [2.24, 2.45) is 0 Å². The molecule has 3 rings (SSSR count). The van der Waals surface area contributed by atoms with E-state index < -0.39 is 28.0 Å². The van der Waals surface area contributed by atoms with E-state index in [1.165, 1.54) is 55.7 Å². The minimum absolute atomic E-state index is 0.0304. The number of rotatable bonds is 7. The summed E-state index contributed by atoms with van der Waals surface area (Å²) >= 11 is 0. The Labute approximate surface area is 172 Å². The predicted molar refractivity (Wildman–Crippen MR) is 106 cm³/mol. The summed E-state index contributed by atoms with van der Waals surface area (Å²) < 4.78 is 36.9. The van der Waals surface area contributed by atoms with Gasteiger partial charge in [-0.3, -0.25) is 14.5 Å². The summed E-state index contributed by atoms with van der Waals surface area (Å²) in [7, 11) is -3.87. The van der Waals surface area contributed by atoms with E-state index in [1.807, 2.05) is 0 Å². The fourth-order valence-corrected chi connectivity index (χ4v) is 3.32. The average Bonchev–Trinajstić information content (AvgIpc) is 3.12. The number of aromatic nitrogens is 2. The largest absolute Gasteiger partial charge is 0.449 e. The molecule has 3 aromatic rings. The quantitative estimate of drug-likeness (QED) is 0.544. The lowest BCUT2D eigenvalue weighted by Gasteiger charge is -2.13. The van der Waals surface area contributed by atoms with Crippen LogP contribution in [-0.4, -0.2) is 36.5 Å². The van der Waals surface area contributed by atoms with Gasteiger partial charge in [0, 0.05) is 24.1 Å². The van der Waals surface area contributed by atoms with Gasteiger partial charge in [0.1, 0.15) is 5.76 Å². The number of carbonyl (C=O) groups excluding carboxylic acids is 2. The minimum atomic E-state index is -3.87. The van der Waals surface area contributed by atoms with Crippen molar-refractivity contribution in [3.8, 4) is 0 Å². The van der Waals surface area contributed by atoms with Crippen LogP contribution in [0.2, 0.25) is 0 Å². The molecule has 11 heteroatoms. The Hall–Kier alpha value is -3.73. The fourth-order valence-electron chi connectivity index (χ4n) is 2.34. The maximum atomic E-state index is 12.4. The lowest BCUT2D eigenvalue weighted by Crippen LogP contribution is -2.30. The number of hydrogen-bond donors (Lipinski definition) is 2. The molecule has 0 aliphatic carbocycles. The topological polar surface area (TPSA) is 140 Å². The number of amides is 1. The SMILES string of the molecule is Cc1cc(NS(=O)(=O)c2ccc(NC(=O)C(C)OC(=O)c3cccnc3)cc2)no1. The highest BCUT2D eigenvalue weighted by Gasteiger charge is 2.20. The van der Waals surface area contributed by atoms with Crippen LogP contribution in [0.5, 0.6) is 0 Å². The third-order valence-electron chi connectivity index (χ3n) is 3.85. The fraction of sp³-hybridized carbons (Fsp3) is 0.158. The van der Waals surface area contributed by atoms with Gasteiger partial charge in [0.25, 0.3) is 15.9 Å². The second-order valence-corrected chi connectivity index (χ2v) is 7.91. The molecule has 0 aliphatic rings. The molecular weight excluding hydrogens is 412 g/mol. The lowest BCUT2D eigenvalue weighted by atomic mass is 10.2. The van der Waals surface area contributed by atoms with E-state index in [1.54, 1.807) is 13.0 Å². The van der Waals surface area contributed by atoms with E-state index in [0.29, 0.717) is 11.4 Å². The van der Waals surface area contributed by atoms with Crippen molar-refractivity contribution < 1.29 is 27.3 Å². The van der Waals surface area contributed by atoms with Gasteiger partial charge in [-0.15, -0.1) is 0 Å². The molecule has 2 N–H and O–H groups in total. The van der Waals surface area contributed by atoms with E-state index in [2.05, 4.69) is 20.2 Å². The summed E-state index contributed by atoms with van der Waals surface area (Å²) in [6.45, 7) is 3.06. The van der Waals surface area contributed by atoms with Crippen LogP contribution in [0, 0.1) is 6.92 Å². The van der Waals surface area contributed by atoms with Gasteiger partial charge in [-0.1, -0.05) is 5.16 Å². The van der Waals surface area contributed by atoms with Crippen LogP contribution in [0.1, 0.15) is 23.0 Å². The molecule has 1 amide bonds. The highest BCUT2D eigenvalue weighted by atomic mass is 32.2. The van der Waals surface area contributed by atoms with Crippen molar-refractivity contribution in [2.45, 2.75) is 24.8 Å². The molecule has 0 radical (unpaired) electrons. The Morgan fingerprint density at radius 1 is 1.17 bits per heavy atom. The summed E-state index contributed by atoms with van der Waals surface area (Å²) in [4.78, 5) is 28.0. The van der Waals surface area contributed by atoms with Crippen LogP contribution in [0.15, 0.2) is 64.3 Å². The van der Waals surface area contributed by atoms with Crippen molar-refractivity contribution in [3.63, 3.8) is 0 Å². The number of pyridine rings is 1. The number of benzene rings is 1. The molecule has 2 heterocycles. The van der Waals surface area contributed by atoms with Crippen molar-refractivity contribution in [1.82, 2.24) is 10.1 Å². The van der Waals surface area contributed by atoms with E-state index in [0.717, 1.165) is 0 Å². The Kier molecular flexibility index (Phi) is 6.11. The zero-order valence-corrected chi connectivity index (χ0v) is 16.8. The standard InChI is InChI=1S/C19H18N4O6S/c1-12-10-17(22-29-12)23-30(26,27)16-7-5-15(6-8-16)21-18(24)13(2)28-19(25)14-4-3-9-20-11-14/h3-11,13H,1-2H3,(H,21,24)(H,22,23). The van der Waals surface area contributed by atoms with Gasteiger partial charge in [0.2, 0.25) is 0 Å². The zero-order chi connectivity index (χ0) is 21.7. The molecule has 2 aromatic heterocycles. The lowest BCUT2D eigenvalue weighted by molar-refractivity contribution is -0.123. The van der Waals surface area contributed by atoms with Gasteiger partial charge in [0.05, 0.1) is 10.5 Å². The molecule has 1 unspecified atom stereocenters. The maximum Gasteiger partial charge on any atom is 0.340 e. The summed E-state index contributed by atoms with van der Waals surface area (Å²) in [6.07, 6.45) is 1.78. The summed E-state index contributed by atoms with van der Waals surface area (Å²) in [5.41, 5.74) is 0.557. The van der Waals surface area contributed by atoms with E-state index in [-0.39, 0.29) is 16.3 Å². The number of hydrogen-bond acceptors (Lipinski definition) is 8. The Morgan fingerprint density at radius 3 is 2.50 bits per heavy atom. The number of esters is 1. The second-order valence-electron chi connectivity index (χ2n) is 6.23. The molecule has 10 nitrogen and oxygen atoms in total. The number of nitrogens with zero attached hydrogens (tertiary/aromatic N) is 2. The molecule has 0 aliphatic heterocycles. The molecule has 0 saturated carbocycles. The van der Waals surface area contributed by atoms with Gasteiger partial charge in [0.15, 0.2) is 11.9 Å². The monoisotopic (exact) mass is 430 g/mol. The van der Waals surface area contributed by atoms with Crippen molar-refractivity contribution >= 4 is 33.4 Å². The Bertz CT molecular complexity index is 1140. The van der Waals surface area contributed by atoms with Gasteiger partial charge in [-0.2, -0.15) is 0 Å². The van der Waals surface area contributed by atoms with Crippen LogP contribution in [0.3, 0.4) is 0 Å². The molecule has 0 spiro atoms. The van der Waals surface area contributed by atoms with Gasteiger partial charge >= 0.3 is 5.97 Å². The van der Waals surface area contributed by atoms with Crippen molar-refractivity contribution in [1.29, 1.82) is 0 Å². The van der Waals surface area contributed by atoms with E-state index in [4.69, 9.17) is 9.26 Å². The number of ether oxygens (including phenoxy) is 1. The third-order valence-corrected chi connectivity index (χ3v) is 5.22. The Morgan fingerprint density at radius 2 is 1.90 bits per heavy atom. The smallest absolute Gasteiger partial charge is 0.340 e. The normalized spacial score (nSPS) is 12.1. The second kappa shape index (κ2) is 8.74. The average molecular weight is 430 g/mol. The first-order valence-electron chi connectivity index (χ1n) is 8.73. The highest BCUT2D eigenvalue weighted by molar-refractivity contribution is 7.92. The highest BCUT2D eigenvalue weighted by Crippen LogP contribution is 2.18. The van der Waals surface area contributed by atoms with Crippen LogP contribution in [-0.2, 0) is 19.6 Å². The summed E-state index contributed by atoms with van der Waals surface area (Å²) in [5.74, 6) is -0.723. The molecule has 156 valence electrons. The first kappa shape index (κ1) is 21.0. The van der Waals surface area contributed by atoms with Crippen LogP contribution in [0.4, 0.5) is 11.5 Å². The molecule has 0 saturated heterocycles. The van der Waals surface area contributed by atoms with Crippen LogP contribution < -0.4 is 10.0 Å². The minimum Gasteiger partial charge on any atom is -0.449 e. The van der Waals surface area contributed by atoms with Gasteiger partial charge < -0.3 is 14.6 Å². The molecule has 1 atom stereocenters. The van der Waals surface area contributed by atoms with E-state index >= 15 is 0 Å². The van der Waals surface area contributed by atoms with Crippen LogP contribution in [0.25, 0.3) is 0 Å². The number of sulfonamides is 1. The molecular formula is C19H18N4O6S. The summed E-state index contributed by atoms with van der Waals surface area (Å²) in [5, 5.41) is 6.14. The molecule has 0 bridgehead atoms. The van der Waals surface area contributed by atoms with Crippen molar-refractivity contribution in [2.75, 3.05) is 10.0 Å². The maximum absolute atomic E-state index is 12.4. The van der Waals surface area contributed by atoms with Gasteiger partial charge in [-0.25, -0.2) is 13.2 Å².